The predicted molar refractivity (Wildman–Crippen MR) is 114 cm³/mol. The third kappa shape index (κ3) is 3.45. The number of nitrogens with zero attached hydrogens (tertiary/aromatic N) is 3. The van der Waals surface area contributed by atoms with E-state index < -0.39 is 15.2 Å². The second-order valence-electron chi connectivity index (χ2n) is 7.23. The SMILES string of the molecule is O=C(c1ccccc1)c1cc2c(cn1)CNC2S(=O)(=O)c1ccc(-n2ccnc2)cc1. The van der Waals surface area contributed by atoms with Gasteiger partial charge in [0.1, 0.15) is 11.1 Å². The van der Waals surface area contributed by atoms with Gasteiger partial charge < -0.3 is 4.57 Å². The fourth-order valence-corrected chi connectivity index (χ4v) is 5.34. The summed E-state index contributed by atoms with van der Waals surface area (Å²) in [7, 11) is -3.72. The van der Waals surface area contributed by atoms with Crippen molar-refractivity contribution in [2.24, 2.45) is 0 Å². The van der Waals surface area contributed by atoms with Crippen LogP contribution in [0.1, 0.15) is 32.6 Å². The highest BCUT2D eigenvalue weighted by molar-refractivity contribution is 7.91. The molecule has 0 fully saturated rings. The zero-order valence-electron chi connectivity index (χ0n) is 16.3. The first-order valence-corrected chi connectivity index (χ1v) is 11.2. The highest BCUT2D eigenvalue weighted by Gasteiger charge is 2.35. The van der Waals surface area contributed by atoms with Crippen LogP contribution in [-0.2, 0) is 16.4 Å². The molecular formula is C23H18N4O3S. The van der Waals surface area contributed by atoms with Crippen molar-refractivity contribution in [3.05, 3.63) is 108 Å². The first kappa shape index (κ1) is 19.3. The Bertz CT molecular complexity index is 1350. The van der Waals surface area contributed by atoms with Crippen LogP contribution in [0.15, 0.2) is 90.5 Å². The Morgan fingerprint density at radius 1 is 1.06 bits per heavy atom. The Kier molecular flexibility index (Phi) is 4.72. The van der Waals surface area contributed by atoms with Gasteiger partial charge in [-0.3, -0.25) is 15.1 Å². The minimum Gasteiger partial charge on any atom is -0.306 e. The molecule has 0 aliphatic carbocycles. The van der Waals surface area contributed by atoms with Gasteiger partial charge in [0, 0.05) is 36.4 Å². The molecule has 1 N–H and O–H groups in total. The first-order chi connectivity index (χ1) is 15.0. The number of aromatic nitrogens is 3. The molecule has 1 aliphatic heterocycles. The van der Waals surface area contributed by atoms with Crippen LogP contribution in [0.4, 0.5) is 0 Å². The van der Waals surface area contributed by atoms with E-state index in [4.69, 9.17) is 0 Å². The molecule has 5 rings (SSSR count). The standard InChI is InChI=1S/C23H18N4O3S/c28-22(16-4-2-1-3-5-16)21-12-20-17(13-25-21)14-26-23(20)31(29,30)19-8-6-18(7-9-19)27-11-10-24-15-27/h1-13,15,23,26H,14H2. The summed E-state index contributed by atoms with van der Waals surface area (Å²) in [6.45, 7) is 0.374. The number of fused-ring (bicyclic) bond motifs is 1. The Hall–Kier alpha value is -3.62. The van der Waals surface area contributed by atoms with Crippen LogP contribution < -0.4 is 5.32 Å². The normalized spacial score (nSPS) is 15.5. The number of ketones is 1. The number of imidazole rings is 1. The number of hydrogen-bond donors (Lipinski definition) is 1. The van der Waals surface area contributed by atoms with E-state index in [2.05, 4.69) is 15.3 Å². The fraction of sp³-hybridized carbons (Fsp3) is 0.0870. The topological polar surface area (TPSA) is 94.0 Å². The van der Waals surface area contributed by atoms with Gasteiger partial charge in [0.15, 0.2) is 9.84 Å². The molecule has 154 valence electrons. The largest absolute Gasteiger partial charge is 0.306 e. The second-order valence-corrected chi connectivity index (χ2v) is 9.27. The molecule has 2 aromatic carbocycles. The number of sulfone groups is 1. The number of carbonyl (C=O) groups is 1. The molecule has 1 unspecified atom stereocenters. The molecule has 0 bridgehead atoms. The lowest BCUT2D eigenvalue weighted by atomic mass is 10.1. The van der Waals surface area contributed by atoms with Crippen molar-refractivity contribution in [3.63, 3.8) is 0 Å². The van der Waals surface area contributed by atoms with E-state index in [-0.39, 0.29) is 16.4 Å². The van der Waals surface area contributed by atoms with Crippen molar-refractivity contribution >= 4 is 15.6 Å². The van der Waals surface area contributed by atoms with E-state index >= 15 is 0 Å². The third-order valence-electron chi connectivity index (χ3n) is 5.33. The average molecular weight is 430 g/mol. The molecule has 1 atom stereocenters. The molecule has 0 amide bonds. The fourth-order valence-electron chi connectivity index (χ4n) is 3.70. The molecule has 1 aliphatic rings. The summed E-state index contributed by atoms with van der Waals surface area (Å²) in [4.78, 5) is 21.3. The highest BCUT2D eigenvalue weighted by Crippen LogP contribution is 2.34. The molecule has 0 saturated heterocycles. The van der Waals surface area contributed by atoms with Gasteiger partial charge in [0.2, 0.25) is 5.78 Å². The lowest BCUT2D eigenvalue weighted by Gasteiger charge is -2.15. The quantitative estimate of drug-likeness (QED) is 0.489. The second kappa shape index (κ2) is 7.57. The van der Waals surface area contributed by atoms with Crippen LogP contribution in [0.5, 0.6) is 0 Å². The van der Waals surface area contributed by atoms with Gasteiger partial charge in [-0.15, -0.1) is 0 Å². The molecule has 31 heavy (non-hydrogen) atoms. The van der Waals surface area contributed by atoms with Crippen molar-refractivity contribution in [1.29, 1.82) is 0 Å². The van der Waals surface area contributed by atoms with Crippen molar-refractivity contribution in [3.8, 4) is 5.69 Å². The molecule has 8 heteroatoms. The van der Waals surface area contributed by atoms with Gasteiger partial charge in [-0.05, 0) is 41.5 Å². The zero-order chi connectivity index (χ0) is 21.4. The monoisotopic (exact) mass is 430 g/mol. The molecular weight excluding hydrogens is 412 g/mol. The van der Waals surface area contributed by atoms with E-state index in [0.717, 1.165) is 11.3 Å². The van der Waals surface area contributed by atoms with E-state index in [1.165, 1.54) is 0 Å². The summed E-state index contributed by atoms with van der Waals surface area (Å²) in [5, 5.41) is 2.12. The van der Waals surface area contributed by atoms with E-state index in [1.807, 2.05) is 6.07 Å². The Balaban J connectivity index is 1.48. The minimum atomic E-state index is -3.72. The van der Waals surface area contributed by atoms with Gasteiger partial charge in [-0.1, -0.05) is 30.3 Å². The molecule has 0 spiro atoms. The smallest absolute Gasteiger partial charge is 0.211 e. The number of nitrogens with one attached hydrogen (secondary N) is 1. The van der Waals surface area contributed by atoms with E-state index in [0.29, 0.717) is 17.7 Å². The van der Waals surface area contributed by atoms with Crippen LogP contribution in [-0.4, -0.2) is 28.7 Å². The summed E-state index contributed by atoms with van der Waals surface area (Å²) in [5.41, 5.74) is 2.89. The number of carbonyl (C=O) groups excluding carboxylic acids is 1. The van der Waals surface area contributed by atoms with Gasteiger partial charge in [-0.2, -0.15) is 0 Å². The van der Waals surface area contributed by atoms with Crippen LogP contribution in [0.3, 0.4) is 0 Å². The lowest BCUT2D eigenvalue weighted by Crippen LogP contribution is -2.22. The summed E-state index contributed by atoms with van der Waals surface area (Å²) in [6, 6.07) is 17.1. The number of benzene rings is 2. The van der Waals surface area contributed by atoms with Crippen molar-refractivity contribution < 1.29 is 13.2 Å². The average Bonchev–Trinajstić information content (AvgIpc) is 3.49. The molecule has 7 nitrogen and oxygen atoms in total. The molecule has 4 aromatic rings. The minimum absolute atomic E-state index is 0.203. The third-order valence-corrected chi connectivity index (χ3v) is 7.30. The van der Waals surface area contributed by atoms with Crippen molar-refractivity contribution in [1.82, 2.24) is 19.9 Å². The maximum atomic E-state index is 13.4. The molecule has 2 aromatic heterocycles. The maximum absolute atomic E-state index is 13.4. The van der Waals surface area contributed by atoms with Gasteiger partial charge in [-0.25, -0.2) is 13.4 Å². The predicted octanol–water partition coefficient (Wildman–Crippen LogP) is 3.07. The number of hydrogen-bond acceptors (Lipinski definition) is 6. The number of pyridine rings is 1. The van der Waals surface area contributed by atoms with Crippen LogP contribution in [0.2, 0.25) is 0 Å². The molecule has 0 saturated carbocycles. The Labute approximate surface area is 179 Å². The van der Waals surface area contributed by atoms with Crippen molar-refractivity contribution in [2.75, 3.05) is 0 Å². The lowest BCUT2D eigenvalue weighted by molar-refractivity contribution is 0.103. The first-order valence-electron chi connectivity index (χ1n) is 9.68. The zero-order valence-corrected chi connectivity index (χ0v) is 17.2. The van der Waals surface area contributed by atoms with Gasteiger partial charge in [0.05, 0.1) is 11.2 Å². The Morgan fingerprint density at radius 3 is 2.55 bits per heavy atom. The van der Waals surface area contributed by atoms with E-state index in [1.54, 1.807) is 84.1 Å². The number of rotatable bonds is 5. The molecule has 3 heterocycles. The molecule has 0 radical (unpaired) electrons. The highest BCUT2D eigenvalue weighted by atomic mass is 32.2. The van der Waals surface area contributed by atoms with E-state index in [9.17, 15) is 13.2 Å². The summed E-state index contributed by atoms with van der Waals surface area (Å²) in [6.07, 6.45) is 6.68. The Morgan fingerprint density at radius 2 is 1.84 bits per heavy atom. The van der Waals surface area contributed by atoms with Crippen LogP contribution in [0, 0.1) is 0 Å². The summed E-state index contributed by atoms with van der Waals surface area (Å²) >= 11 is 0. The maximum Gasteiger partial charge on any atom is 0.211 e. The van der Waals surface area contributed by atoms with Crippen LogP contribution >= 0.6 is 0 Å². The summed E-state index contributed by atoms with van der Waals surface area (Å²) < 4.78 is 28.5. The van der Waals surface area contributed by atoms with Gasteiger partial charge in [0.25, 0.3) is 0 Å². The van der Waals surface area contributed by atoms with Gasteiger partial charge >= 0.3 is 0 Å². The summed E-state index contributed by atoms with van der Waals surface area (Å²) in [5.74, 6) is -0.240. The van der Waals surface area contributed by atoms with Crippen LogP contribution in [0.25, 0.3) is 5.69 Å². The van der Waals surface area contributed by atoms with Crippen molar-refractivity contribution in [2.45, 2.75) is 16.8 Å².